The van der Waals surface area contributed by atoms with Crippen molar-refractivity contribution >= 4 is 23.7 Å². The molecule has 216 valence electrons. The smallest absolute Gasteiger partial charge is 0.416 e. The third-order valence-corrected chi connectivity index (χ3v) is 7.12. The predicted octanol–water partition coefficient (Wildman–Crippen LogP) is 6.82. The molecule has 0 radical (unpaired) electrons. The Labute approximate surface area is 245 Å². The van der Waals surface area contributed by atoms with E-state index in [0.717, 1.165) is 22.6 Å². The summed E-state index contributed by atoms with van der Waals surface area (Å²) in [5.74, 6) is -0.146. The van der Waals surface area contributed by atoms with Gasteiger partial charge in [-0.05, 0) is 61.2 Å². The maximum atomic E-state index is 13.6. The van der Waals surface area contributed by atoms with Crippen LogP contribution in [0, 0.1) is 22.7 Å². The van der Waals surface area contributed by atoms with E-state index in [2.05, 4.69) is 16.2 Å². The number of halogens is 3. The molecule has 43 heavy (non-hydrogen) atoms. The van der Waals surface area contributed by atoms with Gasteiger partial charge in [-0.1, -0.05) is 48.5 Å². The number of alkyl halides is 3. The molecule has 0 fully saturated rings. The predicted molar refractivity (Wildman–Crippen MR) is 151 cm³/mol. The van der Waals surface area contributed by atoms with Crippen molar-refractivity contribution in [1.82, 2.24) is 14.8 Å². The van der Waals surface area contributed by atoms with Crippen molar-refractivity contribution in [2.45, 2.75) is 32.0 Å². The first-order valence-corrected chi connectivity index (χ1v) is 13.2. The van der Waals surface area contributed by atoms with Gasteiger partial charge in [0.1, 0.15) is 6.04 Å². The van der Waals surface area contributed by atoms with E-state index < -0.39 is 23.9 Å². The number of anilines is 3. The molecule has 1 N–H and O–H groups in total. The summed E-state index contributed by atoms with van der Waals surface area (Å²) in [7, 11) is 0. The van der Waals surface area contributed by atoms with Crippen LogP contribution in [0.4, 0.5) is 35.5 Å². The monoisotopic (exact) mass is 583 g/mol. The molecule has 1 aromatic heterocycles. The molecule has 2 heterocycles. The minimum atomic E-state index is -4.62. The van der Waals surface area contributed by atoms with Crippen molar-refractivity contribution in [3.63, 3.8) is 0 Å². The number of allylic oxidation sites excluding steroid dienone is 2. The lowest BCUT2D eigenvalue weighted by Crippen LogP contribution is -2.32. The zero-order chi connectivity index (χ0) is 30.7. The number of carboxylic acid groups (broad SMARTS) is 1. The minimum Gasteiger partial charge on any atom is -0.465 e. The number of hydrogen-bond acceptors (Lipinski definition) is 6. The normalized spacial score (nSPS) is 14.6. The van der Waals surface area contributed by atoms with Crippen LogP contribution in [-0.4, -0.2) is 32.5 Å². The molecule has 0 saturated heterocycles. The fraction of sp³-hybridized carbons (Fsp3) is 0.194. The first-order chi connectivity index (χ1) is 20.6. The number of amides is 1. The molecule has 0 unspecified atom stereocenters. The van der Waals surface area contributed by atoms with Gasteiger partial charge in [-0.2, -0.15) is 28.7 Å². The second-order valence-electron chi connectivity index (χ2n) is 9.81. The second-order valence-corrected chi connectivity index (χ2v) is 9.81. The van der Waals surface area contributed by atoms with Crippen LogP contribution in [0.1, 0.15) is 41.6 Å². The SMILES string of the molecule is CC1=C(C#N)[C@@H](c2ccc(C#N)cc2)n2nc(N(CCCc3ccccc3)C(=O)O)nc2N1c1cccc(C(F)(F)F)c1. The Kier molecular flexibility index (Phi) is 7.86. The van der Waals surface area contributed by atoms with Gasteiger partial charge in [-0.15, -0.1) is 5.10 Å². The van der Waals surface area contributed by atoms with E-state index in [0.29, 0.717) is 29.7 Å². The zero-order valence-electron chi connectivity index (χ0n) is 22.8. The molecule has 9 nitrogen and oxygen atoms in total. The molecule has 0 aliphatic carbocycles. The van der Waals surface area contributed by atoms with Crippen LogP contribution in [0.2, 0.25) is 0 Å². The Morgan fingerprint density at radius 3 is 2.37 bits per heavy atom. The van der Waals surface area contributed by atoms with Gasteiger partial charge in [0.2, 0.25) is 5.95 Å². The highest BCUT2D eigenvalue weighted by atomic mass is 19.4. The van der Waals surface area contributed by atoms with Crippen LogP contribution in [0.5, 0.6) is 0 Å². The van der Waals surface area contributed by atoms with E-state index in [-0.39, 0.29) is 29.7 Å². The zero-order valence-corrected chi connectivity index (χ0v) is 22.8. The third-order valence-electron chi connectivity index (χ3n) is 7.12. The van der Waals surface area contributed by atoms with Crippen molar-refractivity contribution in [3.05, 3.63) is 112 Å². The number of nitriles is 2. The van der Waals surface area contributed by atoms with Gasteiger partial charge in [0.15, 0.2) is 0 Å². The third kappa shape index (κ3) is 5.76. The fourth-order valence-electron chi connectivity index (χ4n) is 5.02. The van der Waals surface area contributed by atoms with Crippen molar-refractivity contribution in [1.29, 1.82) is 10.5 Å². The molecule has 4 aromatic rings. The van der Waals surface area contributed by atoms with Gasteiger partial charge in [0.25, 0.3) is 5.95 Å². The van der Waals surface area contributed by atoms with Crippen LogP contribution < -0.4 is 9.80 Å². The van der Waals surface area contributed by atoms with Gasteiger partial charge < -0.3 is 5.11 Å². The average molecular weight is 584 g/mol. The van der Waals surface area contributed by atoms with Crippen LogP contribution in [-0.2, 0) is 12.6 Å². The Balaban J connectivity index is 1.63. The topological polar surface area (TPSA) is 122 Å². The Hall–Kier alpha value is -5.62. The molecule has 5 rings (SSSR count). The molecule has 1 atom stereocenters. The molecule has 1 aliphatic rings. The fourth-order valence-corrected chi connectivity index (χ4v) is 5.02. The maximum Gasteiger partial charge on any atom is 0.416 e. The number of benzene rings is 3. The molecule has 0 spiro atoms. The van der Waals surface area contributed by atoms with E-state index >= 15 is 0 Å². The van der Waals surface area contributed by atoms with Crippen molar-refractivity contribution in [2.24, 2.45) is 0 Å². The van der Waals surface area contributed by atoms with Crippen LogP contribution >= 0.6 is 0 Å². The lowest BCUT2D eigenvalue weighted by atomic mass is 9.95. The summed E-state index contributed by atoms with van der Waals surface area (Å²) < 4.78 is 42.3. The van der Waals surface area contributed by atoms with E-state index in [1.807, 2.05) is 36.4 Å². The molecule has 3 aromatic carbocycles. The molecular weight excluding hydrogens is 559 g/mol. The average Bonchev–Trinajstić information content (AvgIpc) is 3.42. The summed E-state index contributed by atoms with van der Waals surface area (Å²) in [4.78, 5) is 19.2. The highest BCUT2D eigenvalue weighted by Gasteiger charge is 2.38. The van der Waals surface area contributed by atoms with E-state index in [9.17, 15) is 33.6 Å². The van der Waals surface area contributed by atoms with E-state index in [1.165, 1.54) is 21.7 Å². The lowest BCUT2D eigenvalue weighted by Gasteiger charge is -2.34. The number of nitrogens with zero attached hydrogens (tertiary/aromatic N) is 7. The Morgan fingerprint density at radius 2 is 1.74 bits per heavy atom. The van der Waals surface area contributed by atoms with E-state index in [4.69, 9.17) is 0 Å². The van der Waals surface area contributed by atoms with Crippen LogP contribution in [0.15, 0.2) is 90.1 Å². The van der Waals surface area contributed by atoms with Gasteiger partial charge in [0.05, 0.1) is 28.8 Å². The highest BCUT2D eigenvalue weighted by molar-refractivity contribution is 5.84. The van der Waals surface area contributed by atoms with Crippen LogP contribution in [0.3, 0.4) is 0 Å². The first-order valence-electron chi connectivity index (χ1n) is 13.2. The molecule has 12 heteroatoms. The molecule has 1 aliphatic heterocycles. The highest BCUT2D eigenvalue weighted by Crippen LogP contribution is 2.43. The van der Waals surface area contributed by atoms with Gasteiger partial charge in [-0.25, -0.2) is 14.4 Å². The van der Waals surface area contributed by atoms with Crippen molar-refractivity contribution in [2.75, 3.05) is 16.3 Å². The summed E-state index contributed by atoms with van der Waals surface area (Å²) in [6, 6.07) is 23.9. The number of rotatable bonds is 7. The van der Waals surface area contributed by atoms with Gasteiger partial charge in [0, 0.05) is 17.9 Å². The lowest BCUT2D eigenvalue weighted by molar-refractivity contribution is -0.137. The second kappa shape index (κ2) is 11.7. The molecule has 0 bridgehead atoms. The molecule has 0 saturated carbocycles. The molecular formula is C31H24F3N7O2. The first kappa shape index (κ1) is 28.9. The van der Waals surface area contributed by atoms with Crippen LogP contribution in [0.25, 0.3) is 0 Å². The number of fused-ring (bicyclic) bond motifs is 1. The summed E-state index contributed by atoms with van der Waals surface area (Å²) in [6.07, 6.45) is -4.87. The summed E-state index contributed by atoms with van der Waals surface area (Å²) in [5.41, 5.74) is 1.61. The largest absolute Gasteiger partial charge is 0.465 e. The minimum absolute atomic E-state index is 0.0366. The van der Waals surface area contributed by atoms with E-state index in [1.54, 1.807) is 31.2 Å². The number of aryl methyl sites for hydroxylation is 1. The number of carbonyl (C=O) groups is 1. The van der Waals surface area contributed by atoms with Gasteiger partial charge in [-0.3, -0.25) is 4.90 Å². The summed E-state index contributed by atoms with van der Waals surface area (Å²) in [5, 5.41) is 34.1. The van der Waals surface area contributed by atoms with Crippen molar-refractivity contribution < 1.29 is 23.1 Å². The molecule has 1 amide bonds. The summed E-state index contributed by atoms with van der Waals surface area (Å²) >= 11 is 0. The van der Waals surface area contributed by atoms with Crippen molar-refractivity contribution in [3.8, 4) is 12.1 Å². The quantitative estimate of drug-likeness (QED) is 0.253. The Morgan fingerprint density at radius 1 is 1.02 bits per heavy atom. The number of hydrogen-bond donors (Lipinski definition) is 1. The standard InChI is InChI=1S/C31H24F3N7O2/c1-20-26(19-36)27(23-14-12-22(18-35)13-15-23)41-29(40(20)25-11-5-10-24(17-25)31(32,33)34)37-28(38-41)39(30(42)43)16-6-9-21-7-3-2-4-8-21/h2-5,7-8,10-15,17,27H,6,9,16H2,1H3,(H,42,43)/t27-/m1/s1. The van der Waals surface area contributed by atoms with Gasteiger partial charge >= 0.3 is 12.3 Å². The number of aromatic nitrogens is 3. The summed E-state index contributed by atoms with van der Waals surface area (Å²) in [6.45, 7) is 1.64. The maximum absolute atomic E-state index is 13.6. The Bertz CT molecular complexity index is 1770.